The van der Waals surface area contributed by atoms with Crippen LogP contribution >= 0.6 is 27.3 Å². The molecule has 3 rings (SSSR count). The van der Waals surface area contributed by atoms with Crippen molar-refractivity contribution in [1.82, 2.24) is 4.90 Å². The first-order valence-corrected chi connectivity index (χ1v) is 9.90. The summed E-state index contributed by atoms with van der Waals surface area (Å²) in [6.07, 6.45) is 1.97. The highest BCUT2D eigenvalue weighted by Crippen LogP contribution is 2.17. The number of Topliss-reactive ketones (excluding diaryl/α,β-unsaturated/α-hetero) is 1. The van der Waals surface area contributed by atoms with Crippen LogP contribution in [0, 0.1) is 0 Å². The molecule has 0 aliphatic carbocycles. The van der Waals surface area contributed by atoms with Gasteiger partial charge in [-0.05, 0) is 35.7 Å². The average molecular weight is 432 g/mol. The number of rotatable bonds is 8. The van der Waals surface area contributed by atoms with Crippen molar-refractivity contribution in [3.8, 4) is 0 Å². The standard InChI is InChI=1S/C20H18BrNO3S/c21-16-7-5-15(6-8-16)19(23)9-10-20(24)22(13-17-3-1-11-25-17)14-18-4-2-12-26-18/h1-8,11-12H,9-10,13-14H2. The van der Waals surface area contributed by atoms with E-state index in [-0.39, 0.29) is 24.5 Å². The number of hydrogen-bond acceptors (Lipinski definition) is 4. The van der Waals surface area contributed by atoms with Crippen molar-refractivity contribution >= 4 is 39.0 Å². The first-order valence-electron chi connectivity index (χ1n) is 8.23. The molecule has 134 valence electrons. The van der Waals surface area contributed by atoms with Crippen molar-refractivity contribution in [2.24, 2.45) is 0 Å². The average Bonchev–Trinajstić information content (AvgIpc) is 3.33. The van der Waals surface area contributed by atoms with E-state index in [4.69, 9.17) is 4.42 Å². The normalized spacial score (nSPS) is 10.7. The molecule has 0 unspecified atom stereocenters. The molecule has 0 atom stereocenters. The minimum absolute atomic E-state index is 0.0278. The van der Waals surface area contributed by atoms with Gasteiger partial charge in [0.2, 0.25) is 5.91 Å². The van der Waals surface area contributed by atoms with Crippen molar-refractivity contribution in [2.45, 2.75) is 25.9 Å². The van der Waals surface area contributed by atoms with Crippen molar-refractivity contribution in [3.63, 3.8) is 0 Å². The fourth-order valence-corrected chi connectivity index (χ4v) is 3.56. The van der Waals surface area contributed by atoms with Gasteiger partial charge in [0.1, 0.15) is 5.76 Å². The molecule has 0 bridgehead atoms. The summed E-state index contributed by atoms with van der Waals surface area (Å²) in [6, 6.07) is 14.8. The first kappa shape index (κ1) is 18.6. The largest absolute Gasteiger partial charge is 0.467 e. The zero-order chi connectivity index (χ0) is 18.4. The second-order valence-corrected chi connectivity index (χ2v) is 7.79. The minimum Gasteiger partial charge on any atom is -0.467 e. The van der Waals surface area contributed by atoms with Crippen LogP contribution in [0.3, 0.4) is 0 Å². The zero-order valence-electron chi connectivity index (χ0n) is 14.1. The van der Waals surface area contributed by atoms with Gasteiger partial charge in [0.05, 0.1) is 19.4 Å². The van der Waals surface area contributed by atoms with E-state index in [2.05, 4.69) is 15.9 Å². The summed E-state index contributed by atoms with van der Waals surface area (Å²) in [5.74, 6) is 0.648. The van der Waals surface area contributed by atoms with Crippen LogP contribution in [-0.4, -0.2) is 16.6 Å². The molecule has 26 heavy (non-hydrogen) atoms. The van der Waals surface area contributed by atoms with E-state index in [9.17, 15) is 9.59 Å². The van der Waals surface area contributed by atoms with Gasteiger partial charge in [0.25, 0.3) is 0 Å². The lowest BCUT2D eigenvalue weighted by atomic mass is 10.1. The number of nitrogens with zero attached hydrogens (tertiary/aromatic N) is 1. The molecule has 0 fully saturated rings. The molecule has 2 aromatic heterocycles. The number of thiophene rings is 1. The number of carbonyl (C=O) groups excluding carboxylic acids is 2. The molecule has 2 heterocycles. The van der Waals surface area contributed by atoms with E-state index in [0.29, 0.717) is 18.7 Å². The molecule has 1 aromatic carbocycles. The zero-order valence-corrected chi connectivity index (χ0v) is 16.5. The summed E-state index contributed by atoms with van der Waals surface area (Å²) in [5, 5.41) is 1.99. The van der Waals surface area contributed by atoms with Gasteiger partial charge in [0, 0.05) is 27.8 Å². The van der Waals surface area contributed by atoms with Gasteiger partial charge >= 0.3 is 0 Å². The van der Waals surface area contributed by atoms with E-state index in [1.54, 1.807) is 40.7 Å². The fourth-order valence-electron chi connectivity index (χ4n) is 2.57. The Balaban J connectivity index is 1.62. The molecule has 0 radical (unpaired) electrons. The SMILES string of the molecule is O=C(CCC(=O)N(Cc1ccco1)Cc1cccs1)c1ccc(Br)cc1. The van der Waals surface area contributed by atoms with Crippen molar-refractivity contribution in [1.29, 1.82) is 0 Å². The van der Waals surface area contributed by atoms with E-state index >= 15 is 0 Å². The number of ketones is 1. The molecule has 0 saturated heterocycles. The van der Waals surface area contributed by atoms with Crippen LogP contribution in [0.2, 0.25) is 0 Å². The van der Waals surface area contributed by atoms with E-state index in [1.165, 1.54) is 0 Å². The van der Waals surface area contributed by atoms with Crippen LogP contribution in [0.25, 0.3) is 0 Å². The maximum atomic E-state index is 12.7. The third-order valence-electron chi connectivity index (χ3n) is 3.94. The third kappa shape index (κ3) is 5.16. The molecule has 0 aliphatic rings. The van der Waals surface area contributed by atoms with Crippen LogP contribution < -0.4 is 0 Å². The number of benzene rings is 1. The molecule has 0 spiro atoms. The van der Waals surface area contributed by atoms with Crippen LogP contribution in [0.1, 0.15) is 33.8 Å². The van der Waals surface area contributed by atoms with Gasteiger partial charge in [0.15, 0.2) is 5.78 Å². The summed E-state index contributed by atoms with van der Waals surface area (Å²) in [5.41, 5.74) is 0.622. The number of carbonyl (C=O) groups is 2. The Morgan fingerprint density at radius 2 is 1.81 bits per heavy atom. The van der Waals surface area contributed by atoms with Crippen LogP contribution in [-0.2, 0) is 17.9 Å². The molecule has 3 aromatic rings. The molecule has 0 aliphatic heterocycles. The van der Waals surface area contributed by atoms with Gasteiger partial charge in [-0.2, -0.15) is 0 Å². The minimum atomic E-state index is -0.0553. The lowest BCUT2D eigenvalue weighted by molar-refractivity contribution is -0.132. The second-order valence-electron chi connectivity index (χ2n) is 5.84. The molecular formula is C20H18BrNO3S. The smallest absolute Gasteiger partial charge is 0.223 e. The predicted molar refractivity (Wildman–Crippen MR) is 105 cm³/mol. The number of amides is 1. The van der Waals surface area contributed by atoms with E-state index in [1.807, 2.05) is 35.7 Å². The maximum absolute atomic E-state index is 12.7. The first-order chi connectivity index (χ1) is 12.6. The Morgan fingerprint density at radius 1 is 1.00 bits per heavy atom. The lowest BCUT2D eigenvalue weighted by Crippen LogP contribution is -2.30. The van der Waals surface area contributed by atoms with Crippen molar-refractivity contribution in [2.75, 3.05) is 0 Å². The van der Waals surface area contributed by atoms with Gasteiger partial charge in [-0.25, -0.2) is 0 Å². The highest BCUT2D eigenvalue weighted by Gasteiger charge is 2.18. The summed E-state index contributed by atoms with van der Waals surface area (Å²) in [6.45, 7) is 0.917. The summed E-state index contributed by atoms with van der Waals surface area (Å²) >= 11 is 4.96. The fraction of sp³-hybridized carbons (Fsp3) is 0.200. The predicted octanol–water partition coefficient (Wildman–Crippen LogP) is 5.30. The Hall–Kier alpha value is -2.18. The summed E-state index contributed by atoms with van der Waals surface area (Å²) < 4.78 is 6.30. The van der Waals surface area contributed by atoms with Gasteiger partial charge in [-0.3, -0.25) is 9.59 Å². The quantitative estimate of drug-likeness (QED) is 0.454. The Morgan fingerprint density at radius 3 is 2.46 bits per heavy atom. The molecule has 6 heteroatoms. The van der Waals surface area contributed by atoms with Gasteiger partial charge in [-0.1, -0.05) is 34.1 Å². The number of halogens is 1. The molecule has 1 amide bonds. The van der Waals surface area contributed by atoms with Crippen molar-refractivity contribution < 1.29 is 14.0 Å². The van der Waals surface area contributed by atoms with Gasteiger partial charge in [-0.15, -0.1) is 11.3 Å². The third-order valence-corrected chi connectivity index (χ3v) is 5.33. The summed E-state index contributed by atoms with van der Waals surface area (Å²) in [7, 11) is 0. The number of hydrogen-bond donors (Lipinski definition) is 0. The maximum Gasteiger partial charge on any atom is 0.223 e. The monoisotopic (exact) mass is 431 g/mol. The lowest BCUT2D eigenvalue weighted by Gasteiger charge is -2.21. The van der Waals surface area contributed by atoms with E-state index < -0.39 is 0 Å². The molecule has 0 saturated carbocycles. The highest BCUT2D eigenvalue weighted by atomic mass is 79.9. The second kappa shape index (κ2) is 8.96. The van der Waals surface area contributed by atoms with Gasteiger partial charge < -0.3 is 9.32 Å². The molecule has 0 N–H and O–H groups in total. The topological polar surface area (TPSA) is 50.5 Å². The Kier molecular flexibility index (Phi) is 6.41. The van der Waals surface area contributed by atoms with Crippen LogP contribution in [0.15, 0.2) is 69.1 Å². The van der Waals surface area contributed by atoms with Crippen LogP contribution in [0.4, 0.5) is 0 Å². The highest BCUT2D eigenvalue weighted by molar-refractivity contribution is 9.10. The van der Waals surface area contributed by atoms with E-state index in [0.717, 1.165) is 15.1 Å². The summed E-state index contributed by atoms with van der Waals surface area (Å²) in [4.78, 5) is 27.9. The molecular weight excluding hydrogens is 414 g/mol. The number of furan rings is 1. The Labute approximate surface area is 164 Å². The van der Waals surface area contributed by atoms with Crippen molar-refractivity contribution in [3.05, 3.63) is 80.8 Å². The molecule has 4 nitrogen and oxygen atoms in total. The van der Waals surface area contributed by atoms with Crippen LogP contribution in [0.5, 0.6) is 0 Å². The Bertz CT molecular complexity index is 806.